The number of alkyl halides is 1. The van der Waals surface area contributed by atoms with Crippen molar-refractivity contribution >= 4 is 15.9 Å². The van der Waals surface area contributed by atoms with Crippen LogP contribution in [0.15, 0.2) is 12.2 Å². The first-order chi connectivity index (χ1) is 7.27. The zero-order valence-electron chi connectivity index (χ0n) is 9.92. The van der Waals surface area contributed by atoms with Gasteiger partial charge in [0.1, 0.15) is 0 Å². The molecular weight excluding hydrogens is 252 g/mol. The smallest absolute Gasteiger partial charge is 0.0502 e. The molecule has 0 fully saturated rings. The normalized spacial score (nSPS) is 27.9. The Hall–Kier alpha value is 0.180. The molecule has 0 saturated heterocycles. The highest BCUT2D eigenvalue weighted by Crippen LogP contribution is 2.25. The second kappa shape index (κ2) is 7.45. The Kier molecular flexibility index (Phi) is 6.58. The van der Waals surface area contributed by atoms with Gasteiger partial charge in [0.15, 0.2) is 0 Å². The van der Waals surface area contributed by atoms with Gasteiger partial charge in [-0.2, -0.15) is 0 Å². The first-order valence-electron chi connectivity index (χ1n) is 6.06. The van der Waals surface area contributed by atoms with Gasteiger partial charge >= 0.3 is 0 Å². The molecule has 2 heteroatoms. The average Bonchev–Trinajstić information content (AvgIpc) is 2.27. The van der Waals surface area contributed by atoms with E-state index in [4.69, 9.17) is 4.74 Å². The van der Waals surface area contributed by atoms with E-state index in [1.165, 1.54) is 19.3 Å². The van der Waals surface area contributed by atoms with E-state index in [0.717, 1.165) is 30.4 Å². The van der Waals surface area contributed by atoms with E-state index < -0.39 is 0 Å². The van der Waals surface area contributed by atoms with Crippen LogP contribution in [-0.4, -0.2) is 18.5 Å². The number of hydrogen-bond donors (Lipinski definition) is 0. The summed E-state index contributed by atoms with van der Waals surface area (Å²) >= 11 is 3.52. The first-order valence-corrected chi connectivity index (χ1v) is 7.18. The molecule has 0 aromatic carbocycles. The van der Waals surface area contributed by atoms with Crippen LogP contribution in [0.3, 0.4) is 0 Å². The van der Waals surface area contributed by atoms with Crippen molar-refractivity contribution in [2.24, 2.45) is 17.8 Å². The fourth-order valence-electron chi connectivity index (χ4n) is 1.90. The Morgan fingerprint density at radius 1 is 1.40 bits per heavy atom. The summed E-state index contributed by atoms with van der Waals surface area (Å²) < 4.78 is 5.82. The lowest BCUT2D eigenvalue weighted by molar-refractivity contribution is 0.0593. The zero-order chi connectivity index (χ0) is 11.1. The third-order valence-electron chi connectivity index (χ3n) is 3.40. The Labute approximate surface area is 102 Å². The minimum Gasteiger partial charge on any atom is -0.381 e. The van der Waals surface area contributed by atoms with E-state index >= 15 is 0 Å². The standard InChI is InChI=1S/C13H23BrO/c1-3-12(8-14)9-15-10-13-7-5-4-6-11(13)2/h4-5,11-13H,3,6-10H2,1-2H3. The van der Waals surface area contributed by atoms with Crippen molar-refractivity contribution in [1.29, 1.82) is 0 Å². The van der Waals surface area contributed by atoms with Crippen LogP contribution in [0.2, 0.25) is 0 Å². The molecule has 0 bridgehead atoms. The molecule has 88 valence electrons. The van der Waals surface area contributed by atoms with E-state index in [9.17, 15) is 0 Å². The van der Waals surface area contributed by atoms with Crippen molar-refractivity contribution < 1.29 is 4.74 Å². The highest BCUT2D eigenvalue weighted by molar-refractivity contribution is 9.09. The summed E-state index contributed by atoms with van der Waals surface area (Å²) in [5.41, 5.74) is 0. The highest BCUT2D eigenvalue weighted by atomic mass is 79.9. The monoisotopic (exact) mass is 274 g/mol. The Morgan fingerprint density at radius 3 is 2.73 bits per heavy atom. The van der Waals surface area contributed by atoms with Gasteiger partial charge < -0.3 is 4.74 Å². The van der Waals surface area contributed by atoms with Crippen LogP contribution in [-0.2, 0) is 4.74 Å². The molecule has 0 N–H and O–H groups in total. The van der Waals surface area contributed by atoms with Crippen LogP contribution >= 0.6 is 15.9 Å². The number of halogens is 1. The fraction of sp³-hybridized carbons (Fsp3) is 0.846. The number of allylic oxidation sites excluding steroid dienone is 2. The van der Waals surface area contributed by atoms with Crippen LogP contribution in [0.1, 0.15) is 33.1 Å². The third kappa shape index (κ3) is 4.69. The van der Waals surface area contributed by atoms with Crippen LogP contribution in [0.5, 0.6) is 0 Å². The number of ether oxygens (including phenoxy) is 1. The third-order valence-corrected chi connectivity index (χ3v) is 4.31. The van der Waals surface area contributed by atoms with Gasteiger partial charge in [0.05, 0.1) is 6.61 Å². The molecule has 0 heterocycles. The topological polar surface area (TPSA) is 9.23 Å². The molecule has 0 spiro atoms. The van der Waals surface area contributed by atoms with Crippen molar-refractivity contribution in [1.82, 2.24) is 0 Å². The summed E-state index contributed by atoms with van der Waals surface area (Å²) in [6.07, 6.45) is 8.23. The Bertz CT molecular complexity index is 187. The fourth-order valence-corrected chi connectivity index (χ4v) is 2.54. The summed E-state index contributed by atoms with van der Waals surface area (Å²) in [5, 5.41) is 1.06. The quantitative estimate of drug-likeness (QED) is 0.525. The van der Waals surface area contributed by atoms with Crippen LogP contribution in [0, 0.1) is 17.8 Å². The van der Waals surface area contributed by atoms with Crippen LogP contribution in [0.4, 0.5) is 0 Å². The molecule has 0 aromatic heterocycles. The number of hydrogen-bond acceptors (Lipinski definition) is 1. The van der Waals surface area contributed by atoms with Gasteiger partial charge in [-0.1, -0.05) is 48.4 Å². The molecule has 0 aliphatic heterocycles. The van der Waals surface area contributed by atoms with Crippen LogP contribution < -0.4 is 0 Å². The molecule has 15 heavy (non-hydrogen) atoms. The minimum absolute atomic E-state index is 0.680. The van der Waals surface area contributed by atoms with Crippen molar-refractivity contribution in [3.05, 3.63) is 12.2 Å². The van der Waals surface area contributed by atoms with Gasteiger partial charge in [-0.05, 0) is 30.6 Å². The van der Waals surface area contributed by atoms with Crippen LogP contribution in [0.25, 0.3) is 0 Å². The molecule has 1 nitrogen and oxygen atoms in total. The first kappa shape index (κ1) is 13.2. The molecule has 0 saturated carbocycles. The number of rotatable bonds is 6. The van der Waals surface area contributed by atoms with E-state index in [0.29, 0.717) is 5.92 Å². The predicted octanol–water partition coefficient (Wildman–Crippen LogP) is 4.03. The molecule has 1 aliphatic rings. The second-order valence-electron chi connectivity index (χ2n) is 4.65. The van der Waals surface area contributed by atoms with E-state index in [2.05, 4.69) is 41.9 Å². The predicted molar refractivity (Wildman–Crippen MR) is 69.4 cm³/mol. The maximum absolute atomic E-state index is 5.82. The minimum atomic E-state index is 0.680. The molecule has 0 amide bonds. The van der Waals surface area contributed by atoms with Gasteiger partial charge in [0.25, 0.3) is 0 Å². The summed E-state index contributed by atoms with van der Waals surface area (Å²) in [6, 6.07) is 0. The van der Waals surface area contributed by atoms with Crippen molar-refractivity contribution in [3.63, 3.8) is 0 Å². The molecule has 3 unspecified atom stereocenters. The van der Waals surface area contributed by atoms with Crippen molar-refractivity contribution in [3.8, 4) is 0 Å². The molecular formula is C13H23BrO. The molecule has 0 aromatic rings. The highest BCUT2D eigenvalue weighted by Gasteiger charge is 2.18. The van der Waals surface area contributed by atoms with E-state index in [1.807, 2.05) is 0 Å². The van der Waals surface area contributed by atoms with E-state index in [1.54, 1.807) is 0 Å². The molecule has 1 rings (SSSR count). The maximum atomic E-state index is 5.82. The van der Waals surface area contributed by atoms with Gasteiger partial charge in [-0.15, -0.1) is 0 Å². The lowest BCUT2D eigenvalue weighted by Crippen LogP contribution is -2.21. The summed E-state index contributed by atoms with van der Waals surface area (Å²) in [5.74, 6) is 2.21. The summed E-state index contributed by atoms with van der Waals surface area (Å²) in [4.78, 5) is 0. The lowest BCUT2D eigenvalue weighted by Gasteiger charge is -2.25. The van der Waals surface area contributed by atoms with Gasteiger partial charge in [0, 0.05) is 11.9 Å². The van der Waals surface area contributed by atoms with E-state index in [-0.39, 0.29) is 0 Å². The van der Waals surface area contributed by atoms with Crippen molar-refractivity contribution in [2.75, 3.05) is 18.5 Å². The van der Waals surface area contributed by atoms with Gasteiger partial charge in [-0.3, -0.25) is 0 Å². The zero-order valence-corrected chi connectivity index (χ0v) is 11.5. The second-order valence-corrected chi connectivity index (χ2v) is 5.29. The van der Waals surface area contributed by atoms with Gasteiger partial charge in [0.2, 0.25) is 0 Å². The summed E-state index contributed by atoms with van der Waals surface area (Å²) in [6.45, 7) is 6.41. The molecule has 3 atom stereocenters. The van der Waals surface area contributed by atoms with Crippen molar-refractivity contribution in [2.45, 2.75) is 33.1 Å². The SMILES string of the molecule is CCC(CBr)COCC1CC=CCC1C. The molecule has 0 radical (unpaired) electrons. The largest absolute Gasteiger partial charge is 0.381 e. The Morgan fingerprint density at radius 2 is 2.13 bits per heavy atom. The Balaban J connectivity index is 2.16. The maximum Gasteiger partial charge on any atom is 0.0502 e. The summed E-state index contributed by atoms with van der Waals surface area (Å²) in [7, 11) is 0. The lowest BCUT2D eigenvalue weighted by atomic mass is 9.85. The molecule has 1 aliphatic carbocycles. The average molecular weight is 275 g/mol. The van der Waals surface area contributed by atoms with Gasteiger partial charge in [-0.25, -0.2) is 0 Å².